The Morgan fingerprint density at radius 3 is 2.94 bits per heavy atom. The smallest absolute Gasteiger partial charge is 0.130 e. The summed E-state index contributed by atoms with van der Waals surface area (Å²) in [5.74, 6) is -1.02. The van der Waals surface area contributed by atoms with Crippen molar-refractivity contribution in [2.75, 3.05) is 19.6 Å². The van der Waals surface area contributed by atoms with Gasteiger partial charge in [0.05, 0.1) is 0 Å². The van der Waals surface area contributed by atoms with E-state index in [2.05, 4.69) is 10.6 Å². The molecule has 0 bridgehead atoms. The van der Waals surface area contributed by atoms with Crippen LogP contribution in [0.25, 0.3) is 0 Å². The van der Waals surface area contributed by atoms with Crippen LogP contribution in [0.2, 0.25) is 0 Å². The van der Waals surface area contributed by atoms with E-state index in [0.717, 1.165) is 32.0 Å². The summed E-state index contributed by atoms with van der Waals surface area (Å²) in [6.07, 6.45) is 1.79. The number of benzene rings is 1. The second-order valence-electron chi connectivity index (χ2n) is 4.64. The van der Waals surface area contributed by atoms with Crippen molar-refractivity contribution in [1.29, 1.82) is 0 Å². The molecule has 100 valence electrons. The van der Waals surface area contributed by atoms with Crippen LogP contribution in [0.1, 0.15) is 24.4 Å². The number of nitrogens with one attached hydrogen (secondary N) is 2. The minimum atomic E-state index is -0.537. The molecule has 1 aliphatic heterocycles. The van der Waals surface area contributed by atoms with E-state index in [1.165, 1.54) is 12.1 Å². The maximum Gasteiger partial charge on any atom is 0.130 e. The first-order valence-corrected chi connectivity index (χ1v) is 6.32. The molecular formula is C13H19F2N3. The Morgan fingerprint density at radius 1 is 1.39 bits per heavy atom. The van der Waals surface area contributed by atoms with Gasteiger partial charge in [-0.05, 0) is 25.5 Å². The van der Waals surface area contributed by atoms with E-state index in [0.29, 0.717) is 18.2 Å². The van der Waals surface area contributed by atoms with Gasteiger partial charge in [0, 0.05) is 36.8 Å². The summed E-state index contributed by atoms with van der Waals surface area (Å²) >= 11 is 0. The zero-order valence-corrected chi connectivity index (χ0v) is 10.3. The first-order chi connectivity index (χ1) is 8.70. The number of piperidine rings is 1. The van der Waals surface area contributed by atoms with Gasteiger partial charge >= 0.3 is 0 Å². The molecule has 3 nitrogen and oxygen atoms in total. The molecular weight excluding hydrogens is 236 g/mol. The summed E-state index contributed by atoms with van der Waals surface area (Å²) < 4.78 is 26.6. The summed E-state index contributed by atoms with van der Waals surface area (Å²) in [5.41, 5.74) is 5.99. The largest absolute Gasteiger partial charge is 0.329 e. The van der Waals surface area contributed by atoms with Crippen LogP contribution in [0.5, 0.6) is 0 Å². The average molecular weight is 255 g/mol. The lowest BCUT2D eigenvalue weighted by Crippen LogP contribution is -2.43. The van der Waals surface area contributed by atoms with Gasteiger partial charge in [-0.15, -0.1) is 0 Å². The molecule has 2 atom stereocenters. The second-order valence-corrected chi connectivity index (χ2v) is 4.64. The Hall–Kier alpha value is -1.04. The number of hydrogen-bond acceptors (Lipinski definition) is 3. The topological polar surface area (TPSA) is 50.1 Å². The van der Waals surface area contributed by atoms with E-state index in [1.54, 1.807) is 0 Å². The number of nitrogens with two attached hydrogens (primary N) is 1. The summed E-state index contributed by atoms with van der Waals surface area (Å²) in [6, 6.07) is 4.04. The van der Waals surface area contributed by atoms with E-state index in [4.69, 9.17) is 5.73 Å². The highest BCUT2D eigenvalue weighted by atomic mass is 19.1. The molecule has 0 aromatic heterocycles. The first kappa shape index (κ1) is 13.4. The van der Waals surface area contributed by atoms with Crippen LogP contribution in [0.4, 0.5) is 8.78 Å². The molecule has 2 rings (SSSR count). The van der Waals surface area contributed by atoms with Gasteiger partial charge in [0.25, 0.3) is 0 Å². The van der Waals surface area contributed by atoms with Gasteiger partial charge in [-0.2, -0.15) is 0 Å². The van der Waals surface area contributed by atoms with Gasteiger partial charge in [-0.1, -0.05) is 6.07 Å². The number of hydrogen-bond donors (Lipinski definition) is 3. The lowest BCUT2D eigenvalue weighted by Gasteiger charge is -2.31. The van der Waals surface area contributed by atoms with Crippen molar-refractivity contribution in [3.8, 4) is 0 Å². The minimum Gasteiger partial charge on any atom is -0.329 e. The van der Waals surface area contributed by atoms with E-state index < -0.39 is 11.6 Å². The molecule has 0 spiro atoms. The predicted molar refractivity (Wildman–Crippen MR) is 67.2 cm³/mol. The third-order valence-electron chi connectivity index (χ3n) is 3.32. The fourth-order valence-corrected chi connectivity index (χ4v) is 2.41. The van der Waals surface area contributed by atoms with Crippen LogP contribution in [0.3, 0.4) is 0 Å². The highest BCUT2D eigenvalue weighted by Gasteiger charge is 2.24. The van der Waals surface area contributed by atoms with Crippen molar-refractivity contribution in [3.05, 3.63) is 35.4 Å². The third-order valence-corrected chi connectivity index (χ3v) is 3.32. The molecule has 0 radical (unpaired) electrons. The lowest BCUT2D eigenvalue weighted by atomic mass is 9.93. The van der Waals surface area contributed by atoms with Crippen LogP contribution in [-0.4, -0.2) is 25.7 Å². The Labute approximate surface area is 106 Å². The molecule has 1 aliphatic rings. The Balaban J connectivity index is 2.03. The number of rotatable bonds is 4. The van der Waals surface area contributed by atoms with Crippen LogP contribution in [0.15, 0.2) is 18.2 Å². The third kappa shape index (κ3) is 3.25. The monoisotopic (exact) mass is 255 g/mol. The Bertz CT molecular complexity index is 398. The van der Waals surface area contributed by atoms with Crippen molar-refractivity contribution >= 4 is 0 Å². The van der Waals surface area contributed by atoms with Crippen LogP contribution in [-0.2, 0) is 0 Å². The van der Waals surface area contributed by atoms with E-state index >= 15 is 0 Å². The van der Waals surface area contributed by atoms with E-state index in [1.807, 2.05) is 0 Å². The zero-order chi connectivity index (χ0) is 13.0. The van der Waals surface area contributed by atoms with Crippen molar-refractivity contribution < 1.29 is 8.78 Å². The predicted octanol–water partition coefficient (Wildman–Crippen LogP) is 1.31. The summed E-state index contributed by atoms with van der Waals surface area (Å²) in [4.78, 5) is 0. The van der Waals surface area contributed by atoms with Crippen LogP contribution in [0, 0.1) is 11.6 Å². The number of halogens is 2. The molecule has 0 aliphatic carbocycles. The van der Waals surface area contributed by atoms with Crippen LogP contribution < -0.4 is 16.4 Å². The Kier molecular flexibility index (Phi) is 4.63. The highest BCUT2D eigenvalue weighted by Crippen LogP contribution is 2.25. The van der Waals surface area contributed by atoms with Crippen LogP contribution >= 0.6 is 0 Å². The molecule has 5 heteroatoms. The molecule has 2 unspecified atom stereocenters. The molecule has 0 amide bonds. The molecule has 1 saturated heterocycles. The molecule has 1 aromatic rings. The maximum absolute atomic E-state index is 13.7. The van der Waals surface area contributed by atoms with E-state index in [9.17, 15) is 8.78 Å². The van der Waals surface area contributed by atoms with Gasteiger partial charge in [0.1, 0.15) is 11.6 Å². The fourth-order valence-electron chi connectivity index (χ4n) is 2.41. The van der Waals surface area contributed by atoms with Crippen molar-refractivity contribution in [3.63, 3.8) is 0 Å². The van der Waals surface area contributed by atoms with Gasteiger partial charge < -0.3 is 16.4 Å². The molecule has 1 aromatic carbocycles. The standard InChI is InChI=1S/C13H19F2N3/c14-9-1-2-11(12(15)7-9)13-8-10(3-5-18-13)17-6-4-16/h1-2,7,10,13,17-18H,3-6,8,16H2. The van der Waals surface area contributed by atoms with Gasteiger partial charge in [-0.25, -0.2) is 8.78 Å². The average Bonchev–Trinajstić information content (AvgIpc) is 2.36. The van der Waals surface area contributed by atoms with Gasteiger partial charge in [-0.3, -0.25) is 0 Å². The van der Waals surface area contributed by atoms with Crippen molar-refractivity contribution in [1.82, 2.24) is 10.6 Å². The Morgan fingerprint density at radius 2 is 2.22 bits per heavy atom. The molecule has 0 saturated carbocycles. The van der Waals surface area contributed by atoms with E-state index in [-0.39, 0.29) is 6.04 Å². The maximum atomic E-state index is 13.7. The minimum absolute atomic E-state index is 0.0605. The molecule has 1 fully saturated rings. The fraction of sp³-hybridized carbons (Fsp3) is 0.538. The zero-order valence-electron chi connectivity index (χ0n) is 10.3. The quantitative estimate of drug-likeness (QED) is 0.760. The van der Waals surface area contributed by atoms with Gasteiger partial charge in [0.2, 0.25) is 0 Å². The van der Waals surface area contributed by atoms with Crippen molar-refractivity contribution in [2.24, 2.45) is 5.73 Å². The molecule has 18 heavy (non-hydrogen) atoms. The second kappa shape index (κ2) is 6.22. The first-order valence-electron chi connectivity index (χ1n) is 6.32. The SMILES string of the molecule is NCCNC1CCNC(c2ccc(F)cc2F)C1. The van der Waals surface area contributed by atoms with Gasteiger partial charge in [0.15, 0.2) is 0 Å². The van der Waals surface area contributed by atoms with Crippen molar-refractivity contribution in [2.45, 2.75) is 24.9 Å². The summed E-state index contributed by atoms with van der Waals surface area (Å²) in [7, 11) is 0. The lowest BCUT2D eigenvalue weighted by molar-refractivity contribution is 0.320. The highest BCUT2D eigenvalue weighted by molar-refractivity contribution is 5.23. The summed E-state index contributed by atoms with van der Waals surface area (Å²) in [6.45, 7) is 2.19. The summed E-state index contributed by atoms with van der Waals surface area (Å²) in [5, 5.41) is 6.61. The molecule has 4 N–H and O–H groups in total. The molecule has 1 heterocycles. The normalized spacial score (nSPS) is 24.2.